The van der Waals surface area contributed by atoms with E-state index in [-0.39, 0.29) is 0 Å². The molecule has 0 aliphatic carbocycles. The van der Waals surface area contributed by atoms with Crippen molar-refractivity contribution in [3.05, 3.63) is 66.1 Å². The molecule has 0 radical (unpaired) electrons. The van der Waals surface area contributed by atoms with Crippen molar-refractivity contribution in [1.82, 2.24) is 15.0 Å². The molecule has 1 aliphatic heterocycles. The van der Waals surface area contributed by atoms with Gasteiger partial charge in [-0.05, 0) is 42.0 Å². The molecule has 0 unspecified atom stereocenters. The van der Waals surface area contributed by atoms with Gasteiger partial charge in [0, 0.05) is 41.4 Å². The van der Waals surface area contributed by atoms with Gasteiger partial charge in [0.05, 0.1) is 0 Å². The van der Waals surface area contributed by atoms with Crippen LogP contribution in [-0.2, 0) is 12.8 Å². The summed E-state index contributed by atoms with van der Waals surface area (Å²) in [5, 5.41) is 0. The number of pyridine rings is 2. The van der Waals surface area contributed by atoms with Gasteiger partial charge in [-0.2, -0.15) is 4.98 Å². The largest absolute Gasteiger partial charge is 0.486 e. The van der Waals surface area contributed by atoms with Crippen molar-refractivity contribution in [2.45, 2.75) is 12.8 Å². The molecule has 3 aromatic heterocycles. The molecule has 6 nitrogen and oxygen atoms in total. The summed E-state index contributed by atoms with van der Waals surface area (Å²) in [7, 11) is 0. The Labute approximate surface area is 172 Å². The Bertz CT molecular complexity index is 1170. The topological polar surface area (TPSA) is 70.3 Å². The van der Waals surface area contributed by atoms with E-state index >= 15 is 0 Å². The van der Waals surface area contributed by atoms with Crippen LogP contribution in [0.2, 0.25) is 0 Å². The molecule has 4 aromatic rings. The normalized spacial score (nSPS) is 12.8. The smallest absolute Gasteiger partial charge is 0.229 e. The molecular weight excluding hydrogens is 386 g/mol. The number of aromatic nitrogens is 3. The predicted octanol–water partition coefficient (Wildman–Crippen LogP) is 4.21. The van der Waals surface area contributed by atoms with Crippen molar-refractivity contribution in [2.75, 3.05) is 13.2 Å². The van der Waals surface area contributed by atoms with Gasteiger partial charge in [-0.25, -0.2) is 4.98 Å². The highest BCUT2D eigenvalue weighted by atomic mass is 32.1. The van der Waals surface area contributed by atoms with Gasteiger partial charge in [0.15, 0.2) is 22.7 Å². The maximum atomic E-state index is 5.80. The van der Waals surface area contributed by atoms with E-state index < -0.39 is 0 Å². The Hall–Kier alpha value is -3.32. The Kier molecular flexibility index (Phi) is 4.65. The summed E-state index contributed by atoms with van der Waals surface area (Å²) < 4.78 is 17.0. The first-order chi connectivity index (χ1) is 14.2. The molecule has 0 amide bonds. The standard InChI is InChI=1S/C22H17N3O3S/c29-17(10-14-3-4-18-20(11-14)27-9-8-26-18)13-16-12-15(5-7-23-16)22-25-21-19(28-22)2-1-6-24-21/h1-7,11-12H,8-10,13H2. The van der Waals surface area contributed by atoms with Crippen LogP contribution >= 0.6 is 12.2 Å². The van der Waals surface area contributed by atoms with E-state index in [0.717, 1.165) is 33.2 Å². The van der Waals surface area contributed by atoms with Crippen molar-refractivity contribution >= 4 is 28.3 Å². The molecule has 29 heavy (non-hydrogen) atoms. The maximum absolute atomic E-state index is 5.80. The predicted molar refractivity (Wildman–Crippen MR) is 112 cm³/mol. The van der Waals surface area contributed by atoms with Crippen molar-refractivity contribution in [1.29, 1.82) is 0 Å². The van der Waals surface area contributed by atoms with Gasteiger partial charge in [-0.3, -0.25) is 4.98 Å². The third kappa shape index (κ3) is 3.82. The van der Waals surface area contributed by atoms with E-state index in [0.29, 0.717) is 43.2 Å². The third-order valence-corrected chi connectivity index (χ3v) is 4.90. The number of hydrogen-bond donors (Lipinski definition) is 0. The van der Waals surface area contributed by atoms with E-state index in [1.54, 1.807) is 12.4 Å². The molecule has 0 fully saturated rings. The quantitative estimate of drug-likeness (QED) is 0.462. The van der Waals surface area contributed by atoms with Crippen molar-refractivity contribution in [2.24, 2.45) is 0 Å². The summed E-state index contributed by atoms with van der Waals surface area (Å²) >= 11 is 5.62. The summed E-state index contributed by atoms with van der Waals surface area (Å²) in [6.07, 6.45) is 4.71. The van der Waals surface area contributed by atoms with E-state index in [1.807, 2.05) is 42.5 Å². The second-order valence-electron chi connectivity index (χ2n) is 6.75. The van der Waals surface area contributed by atoms with E-state index in [1.165, 1.54) is 0 Å². The zero-order chi connectivity index (χ0) is 19.6. The van der Waals surface area contributed by atoms with Gasteiger partial charge in [-0.1, -0.05) is 18.3 Å². The van der Waals surface area contributed by atoms with Crippen LogP contribution in [0.5, 0.6) is 11.5 Å². The van der Waals surface area contributed by atoms with E-state index in [2.05, 4.69) is 15.0 Å². The highest BCUT2D eigenvalue weighted by molar-refractivity contribution is 7.80. The minimum atomic E-state index is 0.528. The molecule has 1 aromatic carbocycles. The first-order valence-electron chi connectivity index (χ1n) is 9.32. The number of thiocarbonyl (C=S) groups is 1. The molecule has 4 heterocycles. The van der Waals surface area contributed by atoms with Crippen molar-refractivity contribution in [3.8, 4) is 23.0 Å². The fourth-order valence-corrected chi connectivity index (χ4v) is 3.60. The van der Waals surface area contributed by atoms with Crippen LogP contribution in [0.15, 0.2) is 59.3 Å². The fraction of sp³-hybridized carbons (Fsp3) is 0.182. The molecule has 0 saturated carbocycles. The molecule has 0 bridgehead atoms. The number of benzene rings is 1. The van der Waals surface area contributed by atoms with Gasteiger partial charge in [0.2, 0.25) is 5.89 Å². The van der Waals surface area contributed by atoms with Crippen molar-refractivity contribution < 1.29 is 13.9 Å². The van der Waals surface area contributed by atoms with Crippen LogP contribution in [0.3, 0.4) is 0 Å². The molecule has 0 saturated heterocycles. The lowest BCUT2D eigenvalue weighted by Gasteiger charge is -2.19. The minimum absolute atomic E-state index is 0.528. The van der Waals surface area contributed by atoms with Crippen LogP contribution in [-0.4, -0.2) is 33.0 Å². The van der Waals surface area contributed by atoms with Gasteiger partial charge in [0.25, 0.3) is 0 Å². The molecule has 0 N–H and O–H groups in total. The molecule has 144 valence electrons. The van der Waals surface area contributed by atoms with E-state index in [9.17, 15) is 0 Å². The van der Waals surface area contributed by atoms with Crippen LogP contribution < -0.4 is 9.47 Å². The second kappa shape index (κ2) is 7.60. The Morgan fingerprint density at radius 3 is 2.72 bits per heavy atom. The number of nitrogens with zero attached hydrogens (tertiary/aromatic N) is 3. The highest BCUT2D eigenvalue weighted by Crippen LogP contribution is 2.31. The highest BCUT2D eigenvalue weighted by Gasteiger charge is 2.14. The van der Waals surface area contributed by atoms with Crippen LogP contribution in [0.4, 0.5) is 0 Å². The zero-order valence-corrected chi connectivity index (χ0v) is 16.3. The Morgan fingerprint density at radius 2 is 1.83 bits per heavy atom. The Balaban J connectivity index is 1.31. The van der Waals surface area contributed by atoms with Crippen LogP contribution in [0.25, 0.3) is 22.7 Å². The average molecular weight is 403 g/mol. The number of oxazole rings is 1. The molecule has 0 spiro atoms. The van der Waals surface area contributed by atoms with Gasteiger partial charge < -0.3 is 13.9 Å². The maximum Gasteiger partial charge on any atom is 0.229 e. The molecule has 7 heteroatoms. The summed E-state index contributed by atoms with van der Waals surface area (Å²) in [4.78, 5) is 14.0. The van der Waals surface area contributed by atoms with Gasteiger partial charge in [-0.15, -0.1) is 0 Å². The monoisotopic (exact) mass is 403 g/mol. The summed E-state index contributed by atoms with van der Waals surface area (Å²) in [5.41, 5.74) is 4.08. The lowest BCUT2D eigenvalue weighted by molar-refractivity contribution is 0.171. The lowest BCUT2D eigenvalue weighted by atomic mass is 10.0. The fourth-order valence-electron chi connectivity index (χ4n) is 3.29. The number of ether oxygens (including phenoxy) is 2. The molecule has 0 atom stereocenters. The molecule has 1 aliphatic rings. The number of hydrogen-bond acceptors (Lipinski definition) is 7. The van der Waals surface area contributed by atoms with Crippen molar-refractivity contribution in [3.63, 3.8) is 0 Å². The third-order valence-electron chi connectivity index (χ3n) is 4.61. The SMILES string of the molecule is S=C(Cc1ccc2c(c1)OCCO2)Cc1cc(-c2nc3ncccc3o2)ccn1. The first-order valence-corrected chi connectivity index (χ1v) is 9.72. The number of fused-ring (bicyclic) bond motifs is 2. The molecular formula is C22H17N3O3S. The van der Waals surface area contributed by atoms with E-state index in [4.69, 9.17) is 26.1 Å². The Morgan fingerprint density at radius 1 is 0.931 bits per heavy atom. The second-order valence-corrected chi connectivity index (χ2v) is 7.33. The average Bonchev–Trinajstić information content (AvgIpc) is 3.18. The number of rotatable bonds is 5. The first kappa shape index (κ1) is 17.8. The van der Waals surface area contributed by atoms with Gasteiger partial charge in [0.1, 0.15) is 13.2 Å². The lowest BCUT2D eigenvalue weighted by Crippen LogP contribution is -2.15. The summed E-state index contributed by atoms with van der Waals surface area (Å²) in [5.74, 6) is 2.09. The molecule has 5 rings (SSSR count). The van der Waals surface area contributed by atoms with Gasteiger partial charge >= 0.3 is 0 Å². The van der Waals surface area contributed by atoms with Crippen LogP contribution in [0.1, 0.15) is 11.3 Å². The zero-order valence-electron chi connectivity index (χ0n) is 15.5. The summed E-state index contributed by atoms with van der Waals surface area (Å²) in [6, 6.07) is 13.5. The van der Waals surface area contributed by atoms with Crippen LogP contribution in [0, 0.1) is 0 Å². The minimum Gasteiger partial charge on any atom is -0.486 e. The summed E-state index contributed by atoms with van der Waals surface area (Å²) in [6.45, 7) is 1.16.